The molecule has 1 amide bonds. The van der Waals surface area contributed by atoms with Crippen LogP contribution in [0.4, 0.5) is 5.69 Å². The van der Waals surface area contributed by atoms with Gasteiger partial charge in [0.2, 0.25) is 5.91 Å². The summed E-state index contributed by atoms with van der Waals surface area (Å²) in [5.74, 6) is -0.241. The predicted molar refractivity (Wildman–Crippen MR) is 113 cm³/mol. The van der Waals surface area contributed by atoms with E-state index in [1.165, 1.54) is 10.7 Å². The summed E-state index contributed by atoms with van der Waals surface area (Å²) >= 11 is 1.61. The summed E-state index contributed by atoms with van der Waals surface area (Å²) in [6.07, 6.45) is 7.35. The number of hydrogen-bond acceptors (Lipinski definition) is 4. The number of amides is 1. The lowest BCUT2D eigenvalue weighted by molar-refractivity contribution is -0.120. The van der Waals surface area contributed by atoms with Gasteiger partial charge in [-0.05, 0) is 43.4 Å². The molecule has 0 saturated heterocycles. The second-order valence-corrected chi connectivity index (χ2v) is 10.0. The third-order valence-electron chi connectivity index (χ3n) is 5.48. The van der Waals surface area contributed by atoms with E-state index in [2.05, 4.69) is 5.32 Å². The lowest BCUT2D eigenvalue weighted by Crippen LogP contribution is -2.45. The van der Waals surface area contributed by atoms with Gasteiger partial charge in [-0.25, -0.2) is 8.42 Å². The van der Waals surface area contributed by atoms with Crippen LogP contribution in [-0.2, 0) is 14.8 Å². The zero-order chi connectivity index (χ0) is 19.7. The van der Waals surface area contributed by atoms with Crippen molar-refractivity contribution in [2.75, 3.05) is 17.1 Å². The maximum atomic E-state index is 13.3. The van der Waals surface area contributed by atoms with E-state index in [0.717, 1.165) is 36.1 Å². The van der Waals surface area contributed by atoms with Crippen molar-refractivity contribution in [1.29, 1.82) is 0 Å². The number of rotatable bonds is 4. The van der Waals surface area contributed by atoms with Crippen LogP contribution in [0.25, 0.3) is 11.1 Å². The highest BCUT2D eigenvalue weighted by atomic mass is 32.2. The molecule has 1 heterocycles. The van der Waals surface area contributed by atoms with Crippen molar-refractivity contribution < 1.29 is 13.2 Å². The average molecular weight is 417 g/mol. The quantitative estimate of drug-likeness (QED) is 0.764. The Bertz CT molecular complexity index is 998. The molecule has 28 heavy (non-hydrogen) atoms. The number of nitrogens with one attached hydrogen (secondary N) is 1. The van der Waals surface area contributed by atoms with E-state index in [-0.39, 0.29) is 23.4 Å². The number of carbonyl (C=O) groups excluding carboxylic acids is 1. The third-order valence-corrected chi connectivity index (χ3v) is 8.02. The van der Waals surface area contributed by atoms with Gasteiger partial charge < -0.3 is 5.32 Å². The van der Waals surface area contributed by atoms with E-state index in [0.29, 0.717) is 11.3 Å². The van der Waals surface area contributed by atoms with Crippen molar-refractivity contribution >= 4 is 33.4 Å². The molecule has 0 unspecified atom stereocenters. The highest BCUT2D eigenvalue weighted by Crippen LogP contribution is 2.44. The van der Waals surface area contributed by atoms with Crippen LogP contribution in [-0.4, -0.2) is 33.2 Å². The highest BCUT2D eigenvalue weighted by Gasteiger charge is 2.36. The van der Waals surface area contributed by atoms with Crippen molar-refractivity contribution in [2.24, 2.45) is 0 Å². The summed E-state index contributed by atoms with van der Waals surface area (Å²) in [6.45, 7) is -0.196. The van der Waals surface area contributed by atoms with Crippen LogP contribution < -0.4 is 9.62 Å². The molecular weight excluding hydrogens is 392 g/mol. The minimum atomic E-state index is -3.79. The Kier molecular flexibility index (Phi) is 5.38. The molecule has 1 aliphatic carbocycles. The number of anilines is 1. The lowest BCUT2D eigenvalue weighted by Gasteiger charge is -2.32. The van der Waals surface area contributed by atoms with E-state index in [9.17, 15) is 13.2 Å². The van der Waals surface area contributed by atoms with Gasteiger partial charge in [-0.1, -0.05) is 37.5 Å². The molecule has 0 radical (unpaired) electrons. The standard InChI is InChI=1S/C21H24N2O3S2/c1-27-16-11-12-19-18(13-16)17-9-5-6-10-20(17)28(25,26)23(19)14-21(24)22-15-7-3-2-4-8-15/h5-6,9-13,15H,2-4,7-8,14H2,1H3,(H,22,24). The number of carbonyl (C=O) groups is 1. The van der Waals surface area contributed by atoms with E-state index < -0.39 is 10.0 Å². The zero-order valence-electron chi connectivity index (χ0n) is 15.8. The van der Waals surface area contributed by atoms with Crippen LogP contribution in [0.3, 0.4) is 0 Å². The van der Waals surface area contributed by atoms with Crippen LogP contribution in [0, 0.1) is 0 Å². The van der Waals surface area contributed by atoms with Crippen molar-refractivity contribution in [3.8, 4) is 11.1 Å². The summed E-state index contributed by atoms with van der Waals surface area (Å²) in [4.78, 5) is 14.0. The smallest absolute Gasteiger partial charge is 0.265 e. The van der Waals surface area contributed by atoms with Crippen molar-refractivity contribution in [2.45, 2.75) is 47.9 Å². The first-order valence-corrected chi connectivity index (χ1v) is 12.3. The molecule has 148 valence electrons. The van der Waals surface area contributed by atoms with Gasteiger partial charge in [0, 0.05) is 22.1 Å². The van der Waals surface area contributed by atoms with Gasteiger partial charge in [0.25, 0.3) is 10.0 Å². The fourth-order valence-electron chi connectivity index (χ4n) is 4.06. The second kappa shape index (κ2) is 7.79. The van der Waals surface area contributed by atoms with Crippen molar-refractivity contribution in [3.63, 3.8) is 0 Å². The van der Waals surface area contributed by atoms with E-state index in [4.69, 9.17) is 0 Å². The zero-order valence-corrected chi connectivity index (χ0v) is 17.5. The normalized spacial score (nSPS) is 18.2. The molecule has 1 N–H and O–H groups in total. The second-order valence-electron chi connectivity index (χ2n) is 7.29. The van der Waals surface area contributed by atoms with Crippen molar-refractivity contribution in [3.05, 3.63) is 42.5 Å². The van der Waals surface area contributed by atoms with Crippen LogP contribution >= 0.6 is 11.8 Å². The Morgan fingerprint density at radius 3 is 2.61 bits per heavy atom. The predicted octanol–water partition coefficient (Wildman–Crippen LogP) is 4.03. The third kappa shape index (κ3) is 3.53. The Labute approximate surface area is 170 Å². The summed E-state index contributed by atoms with van der Waals surface area (Å²) in [7, 11) is -3.79. The summed E-state index contributed by atoms with van der Waals surface area (Å²) in [6, 6.07) is 12.9. The molecule has 7 heteroatoms. The molecule has 0 spiro atoms. The van der Waals surface area contributed by atoms with Gasteiger partial charge in [0.05, 0.1) is 10.6 Å². The number of sulfonamides is 1. The molecular formula is C21H24N2O3S2. The average Bonchev–Trinajstić information content (AvgIpc) is 2.71. The number of benzene rings is 2. The molecule has 2 aromatic carbocycles. The molecule has 1 fully saturated rings. The fraction of sp³-hybridized carbons (Fsp3) is 0.381. The summed E-state index contributed by atoms with van der Waals surface area (Å²) in [5, 5.41) is 3.03. The van der Waals surface area contributed by atoms with Crippen molar-refractivity contribution in [1.82, 2.24) is 5.32 Å². The fourth-order valence-corrected chi connectivity index (χ4v) is 6.15. The van der Waals surface area contributed by atoms with E-state index in [1.807, 2.05) is 36.6 Å². The summed E-state index contributed by atoms with van der Waals surface area (Å²) in [5.41, 5.74) is 2.11. The maximum Gasteiger partial charge on any atom is 0.265 e. The van der Waals surface area contributed by atoms with Crippen LogP contribution in [0.15, 0.2) is 52.3 Å². The lowest BCUT2D eigenvalue weighted by atomic mass is 9.95. The minimum Gasteiger partial charge on any atom is -0.352 e. The number of fused-ring (bicyclic) bond motifs is 3. The Morgan fingerprint density at radius 2 is 1.86 bits per heavy atom. The Balaban J connectivity index is 1.70. The topological polar surface area (TPSA) is 66.5 Å². The molecule has 0 atom stereocenters. The largest absolute Gasteiger partial charge is 0.352 e. The number of thioether (sulfide) groups is 1. The van der Waals surface area contributed by atoms with E-state index in [1.54, 1.807) is 23.9 Å². The van der Waals surface area contributed by atoms with Crippen LogP contribution in [0.2, 0.25) is 0 Å². The number of hydrogen-bond donors (Lipinski definition) is 1. The highest BCUT2D eigenvalue weighted by molar-refractivity contribution is 7.98. The maximum absolute atomic E-state index is 13.3. The minimum absolute atomic E-state index is 0.152. The van der Waals surface area contributed by atoms with Crippen LogP contribution in [0.5, 0.6) is 0 Å². The molecule has 1 aliphatic heterocycles. The Morgan fingerprint density at radius 1 is 1.11 bits per heavy atom. The molecule has 1 saturated carbocycles. The molecule has 0 aromatic heterocycles. The molecule has 4 rings (SSSR count). The Hall–Kier alpha value is -1.99. The molecule has 0 bridgehead atoms. The van der Waals surface area contributed by atoms with Crippen LogP contribution in [0.1, 0.15) is 32.1 Å². The number of nitrogens with zero attached hydrogens (tertiary/aromatic N) is 1. The van der Waals surface area contributed by atoms with Gasteiger partial charge in [0.15, 0.2) is 0 Å². The molecule has 2 aromatic rings. The van der Waals surface area contributed by atoms with Gasteiger partial charge in [-0.2, -0.15) is 0 Å². The molecule has 2 aliphatic rings. The van der Waals surface area contributed by atoms with Gasteiger partial charge in [-0.3, -0.25) is 9.10 Å². The van der Waals surface area contributed by atoms with Gasteiger partial charge >= 0.3 is 0 Å². The monoisotopic (exact) mass is 416 g/mol. The SMILES string of the molecule is CSc1ccc2c(c1)-c1ccccc1S(=O)(=O)N2CC(=O)NC1CCCCC1. The first-order chi connectivity index (χ1) is 13.5. The van der Waals surface area contributed by atoms with Gasteiger partial charge in [-0.15, -0.1) is 11.8 Å². The first-order valence-electron chi connectivity index (χ1n) is 9.60. The summed E-state index contributed by atoms with van der Waals surface area (Å²) < 4.78 is 27.8. The van der Waals surface area contributed by atoms with E-state index >= 15 is 0 Å². The first kappa shape index (κ1) is 19.3. The molecule has 5 nitrogen and oxygen atoms in total. The van der Waals surface area contributed by atoms with Gasteiger partial charge in [0.1, 0.15) is 6.54 Å².